The molecule has 0 bridgehead atoms. The van der Waals surface area contributed by atoms with E-state index in [1.54, 1.807) is 13.0 Å². The van der Waals surface area contributed by atoms with Gasteiger partial charge in [0.2, 0.25) is 0 Å². The highest BCUT2D eigenvalue weighted by Crippen LogP contribution is 2.02. The number of aryl methyl sites for hydroxylation is 1. The summed E-state index contributed by atoms with van der Waals surface area (Å²) in [5.41, 5.74) is 0.518. The van der Waals surface area contributed by atoms with E-state index in [1.165, 1.54) is 7.11 Å². The predicted molar refractivity (Wildman–Crippen MR) is 69.3 cm³/mol. The minimum absolute atomic E-state index is 0.0570. The maximum Gasteiger partial charge on any atom is 0.326 e. The summed E-state index contributed by atoms with van der Waals surface area (Å²) in [6.45, 7) is 1.82. The van der Waals surface area contributed by atoms with Crippen molar-refractivity contribution >= 4 is 18.0 Å². The molecule has 1 rings (SSSR count). The highest BCUT2D eigenvalue weighted by atomic mass is 16.5. The van der Waals surface area contributed by atoms with Gasteiger partial charge in [0, 0.05) is 12.5 Å². The molecule has 0 saturated heterocycles. The Labute approximate surface area is 120 Å². The molecule has 0 saturated carbocycles. The Hall–Kier alpha value is -2.58. The summed E-state index contributed by atoms with van der Waals surface area (Å²) >= 11 is 0. The molecule has 0 aliphatic heterocycles. The molecule has 9 heteroatoms. The van der Waals surface area contributed by atoms with E-state index < -0.39 is 24.0 Å². The molecule has 1 aromatic rings. The summed E-state index contributed by atoms with van der Waals surface area (Å²) in [5, 5.41) is 17.4. The third-order valence-corrected chi connectivity index (χ3v) is 2.58. The van der Waals surface area contributed by atoms with Crippen molar-refractivity contribution < 1.29 is 28.8 Å². The van der Waals surface area contributed by atoms with Gasteiger partial charge in [-0.15, -0.1) is 0 Å². The van der Waals surface area contributed by atoms with E-state index in [9.17, 15) is 14.4 Å². The van der Waals surface area contributed by atoms with E-state index in [-0.39, 0.29) is 19.4 Å². The molecule has 1 aromatic heterocycles. The number of urea groups is 1. The quantitative estimate of drug-likeness (QED) is 0.612. The Balaban J connectivity index is 2.41. The van der Waals surface area contributed by atoms with Gasteiger partial charge in [-0.25, -0.2) is 9.59 Å². The normalized spacial score (nSPS) is 11.5. The largest absolute Gasteiger partial charge is 0.480 e. The molecule has 0 aliphatic rings. The number of nitrogens with one attached hydrogen (secondary N) is 2. The SMILES string of the molecule is COC(=O)CC[C@@H](NC(=O)NCc1cc(C)on1)C(=O)O. The number of aliphatic carboxylic acids is 1. The van der Waals surface area contributed by atoms with Crippen molar-refractivity contribution in [3.8, 4) is 0 Å². The topological polar surface area (TPSA) is 131 Å². The Morgan fingerprint density at radius 1 is 1.48 bits per heavy atom. The number of hydrogen-bond donors (Lipinski definition) is 3. The number of aromatic nitrogens is 1. The molecule has 2 amide bonds. The van der Waals surface area contributed by atoms with Gasteiger partial charge in [0.25, 0.3) is 0 Å². The third-order valence-electron chi connectivity index (χ3n) is 2.58. The van der Waals surface area contributed by atoms with Gasteiger partial charge in [0.05, 0.1) is 13.7 Å². The fraction of sp³-hybridized carbons (Fsp3) is 0.500. The van der Waals surface area contributed by atoms with Crippen molar-refractivity contribution in [1.29, 1.82) is 0 Å². The molecule has 0 radical (unpaired) electrons. The van der Waals surface area contributed by atoms with Crippen molar-refractivity contribution in [1.82, 2.24) is 15.8 Å². The number of carboxylic acids is 1. The Morgan fingerprint density at radius 2 is 2.19 bits per heavy atom. The lowest BCUT2D eigenvalue weighted by molar-refractivity contribution is -0.142. The minimum Gasteiger partial charge on any atom is -0.480 e. The van der Waals surface area contributed by atoms with E-state index in [2.05, 4.69) is 20.5 Å². The number of carbonyl (C=O) groups excluding carboxylic acids is 2. The number of rotatable bonds is 7. The van der Waals surface area contributed by atoms with Crippen LogP contribution in [0.4, 0.5) is 4.79 Å². The third kappa shape index (κ3) is 5.93. The van der Waals surface area contributed by atoms with Gasteiger partial charge in [-0.3, -0.25) is 4.79 Å². The first-order valence-corrected chi connectivity index (χ1v) is 6.18. The highest BCUT2D eigenvalue weighted by Gasteiger charge is 2.21. The Morgan fingerprint density at radius 3 is 2.71 bits per heavy atom. The number of ether oxygens (including phenoxy) is 1. The average Bonchev–Trinajstić information content (AvgIpc) is 2.86. The van der Waals surface area contributed by atoms with E-state index in [0.29, 0.717) is 11.5 Å². The average molecular weight is 299 g/mol. The molecule has 0 unspecified atom stereocenters. The van der Waals surface area contributed by atoms with Gasteiger partial charge < -0.3 is 25.0 Å². The van der Waals surface area contributed by atoms with Crippen molar-refractivity contribution in [2.24, 2.45) is 0 Å². The lowest BCUT2D eigenvalue weighted by Crippen LogP contribution is -2.46. The molecule has 0 aliphatic carbocycles. The molecule has 0 aromatic carbocycles. The minimum atomic E-state index is -1.23. The zero-order chi connectivity index (χ0) is 15.8. The van der Waals surface area contributed by atoms with Crippen LogP contribution in [0.25, 0.3) is 0 Å². The summed E-state index contributed by atoms with van der Waals surface area (Å²) < 4.78 is 9.24. The molecule has 0 spiro atoms. The van der Waals surface area contributed by atoms with E-state index in [1.807, 2.05) is 0 Å². The van der Waals surface area contributed by atoms with Crippen LogP contribution in [0.2, 0.25) is 0 Å². The molecule has 9 nitrogen and oxygen atoms in total. The van der Waals surface area contributed by atoms with Crippen LogP contribution in [-0.2, 0) is 20.9 Å². The lowest BCUT2D eigenvalue weighted by atomic mass is 10.1. The number of amides is 2. The predicted octanol–water partition coefficient (Wildman–Crippen LogP) is 0.189. The van der Waals surface area contributed by atoms with Gasteiger partial charge in [0.1, 0.15) is 17.5 Å². The van der Waals surface area contributed by atoms with Gasteiger partial charge in [-0.05, 0) is 13.3 Å². The molecular formula is C12H17N3O6. The molecule has 3 N–H and O–H groups in total. The van der Waals surface area contributed by atoms with Crippen LogP contribution in [0, 0.1) is 6.92 Å². The summed E-state index contributed by atoms with van der Waals surface area (Å²) in [5.74, 6) is -1.17. The van der Waals surface area contributed by atoms with Crippen LogP contribution in [0.1, 0.15) is 24.3 Å². The number of nitrogens with zero attached hydrogens (tertiary/aromatic N) is 1. The van der Waals surface area contributed by atoms with E-state index >= 15 is 0 Å². The fourth-order valence-corrected chi connectivity index (χ4v) is 1.50. The first-order valence-electron chi connectivity index (χ1n) is 6.18. The summed E-state index contributed by atoms with van der Waals surface area (Å²) in [4.78, 5) is 33.6. The van der Waals surface area contributed by atoms with Crippen molar-refractivity contribution in [2.45, 2.75) is 32.4 Å². The number of hydrogen-bond acceptors (Lipinski definition) is 6. The first-order chi connectivity index (χ1) is 9.92. The fourth-order valence-electron chi connectivity index (χ4n) is 1.50. The zero-order valence-corrected chi connectivity index (χ0v) is 11.7. The van der Waals surface area contributed by atoms with Crippen LogP contribution >= 0.6 is 0 Å². The summed E-state index contributed by atoms with van der Waals surface area (Å²) in [7, 11) is 1.21. The number of carboxylic acid groups (broad SMARTS) is 1. The Kier molecular flexibility index (Phi) is 6.18. The maximum absolute atomic E-state index is 11.6. The smallest absolute Gasteiger partial charge is 0.326 e. The summed E-state index contributed by atoms with van der Waals surface area (Å²) in [6.07, 6.45) is -0.158. The van der Waals surface area contributed by atoms with Crippen molar-refractivity contribution in [2.75, 3.05) is 7.11 Å². The molecular weight excluding hydrogens is 282 g/mol. The Bertz CT molecular complexity index is 513. The van der Waals surface area contributed by atoms with Gasteiger partial charge in [0.15, 0.2) is 0 Å². The zero-order valence-electron chi connectivity index (χ0n) is 11.7. The molecule has 21 heavy (non-hydrogen) atoms. The number of methoxy groups -OCH3 is 1. The van der Waals surface area contributed by atoms with Gasteiger partial charge in [-0.2, -0.15) is 0 Å². The standard InChI is InChI=1S/C12H17N3O6/c1-7-5-8(15-21-7)6-13-12(19)14-9(11(17)18)3-4-10(16)20-2/h5,9H,3-4,6H2,1-2H3,(H,17,18)(H2,13,14,19)/t9-/m1/s1. The first kappa shape index (κ1) is 16.5. The van der Waals surface area contributed by atoms with E-state index in [4.69, 9.17) is 9.63 Å². The number of esters is 1. The van der Waals surface area contributed by atoms with Gasteiger partial charge >= 0.3 is 18.0 Å². The van der Waals surface area contributed by atoms with Crippen LogP contribution in [0.5, 0.6) is 0 Å². The second-order valence-electron chi connectivity index (χ2n) is 4.26. The van der Waals surface area contributed by atoms with Crippen molar-refractivity contribution in [3.05, 3.63) is 17.5 Å². The van der Waals surface area contributed by atoms with E-state index in [0.717, 1.165) is 0 Å². The van der Waals surface area contributed by atoms with Crippen LogP contribution in [-0.4, -0.2) is 41.4 Å². The number of carbonyl (C=O) groups is 3. The van der Waals surface area contributed by atoms with Crippen LogP contribution < -0.4 is 10.6 Å². The lowest BCUT2D eigenvalue weighted by Gasteiger charge is -2.14. The second kappa shape index (κ2) is 7.88. The van der Waals surface area contributed by atoms with Crippen LogP contribution in [0.15, 0.2) is 10.6 Å². The monoisotopic (exact) mass is 299 g/mol. The molecule has 1 heterocycles. The van der Waals surface area contributed by atoms with Gasteiger partial charge in [-0.1, -0.05) is 5.16 Å². The maximum atomic E-state index is 11.6. The summed E-state index contributed by atoms with van der Waals surface area (Å²) in [6, 6.07) is -0.206. The molecule has 0 fully saturated rings. The molecule has 1 atom stereocenters. The second-order valence-corrected chi connectivity index (χ2v) is 4.26. The highest BCUT2D eigenvalue weighted by molar-refractivity contribution is 5.83. The van der Waals surface area contributed by atoms with Crippen molar-refractivity contribution in [3.63, 3.8) is 0 Å². The van der Waals surface area contributed by atoms with Crippen LogP contribution in [0.3, 0.4) is 0 Å². The molecule has 116 valence electrons.